The number of allylic oxidation sites excluding steroid dienone is 9. The van der Waals surface area contributed by atoms with Gasteiger partial charge in [-0.05, 0) is 65.8 Å². The topological polar surface area (TPSA) is 20.5 Å². The van der Waals surface area contributed by atoms with Gasteiger partial charge in [-0.3, -0.25) is 0 Å². The molecule has 0 amide bonds. The maximum atomic E-state index is 13.4. The largest absolute Gasteiger partial charge is 0.404 e. The molecule has 0 saturated heterocycles. The molecule has 2 nitrogen and oxygen atoms in total. The van der Waals surface area contributed by atoms with E-state index in [1.54, 1.807) is 6.08 Å². The van der Waals surface area contributed by atoms with Crippen molar-refractivity contribution < 1.29 is 17.9 Å². The lowest BCUT2D eigenvalue weighted by molar-refractivity contribution is 0.151. The van der Waals surface area contributed by atoms with E-state index < -0.39 is 12.0 Å². The highest BCUT2D eigenvalue weighted by molar-refractivity contribution is 6.32. The first-order valence-electron chi connectivity index (χ1n) is 12.0. The van der Waals surface area contributed by atoms with Crippen molar-refractivity contribution in [1.82, 2.24) is 0 Å². The fourth-order valence-corrected chi connectivity index (χ4v) is 4.58. The van der Waals surface area contributed by atoms with Crippen molar-refractivity contribution >= 4 is 17.7 Å². The first-order valence-corrected chi connectivity index (χ1v) is 12.4. The average molecular weight is 514 g/mol. The molecule has 0 radical (unpaired) electrons. The van der Waals surface area contributed by atoms with Gasteiger partial charge in [0.2, 0.25) is 0 Å². The number of hydrogen-bond acceptors (Lipinski definition) is 1. The van der Waals surface area contributed by atoms with Crippen molar-refractivity contribution in [2.45, 2.75) is 19.3 Å². The van der Waals surface area contributed by atoms with Crippen LogP contribution >= 0.6 is 11.6 Å². The van der Waals surface area contributed by atoms with Gasteiger partial charge in [-0.2, -0.15) is 8.78 Å². The average Bonchev–Trinajstić information content (AvgIpc) is 2.92. The molecule has 2 aliphatic rings. The molecule has 3 aromatic rings. The number of halogens is 3. The van der Waals surface area contributed by atoms with Crippen LogP contribution in [-0.4, -0.2) is 0 Å². The van der Waals surface area contributed by atoms with Gasteiger partial charge in [0, 0.05) is 17.2 Å². The summed E-state index contributed by atoms with van der Waals surface area (Å²) in [5.74, 6) is 1.55. The summed E-state index contributed by atoms with van der Waals surface area (Å²) in [4.78, 5) is 0. The van der Waals surface area contributed by atoms with Crippen LogP contribution in [0, 0.1) is 0 Å². The Bertz CT molecular complexity index is 1400. The van der Waals surface area contributed by atoms with Crippen LogP contribution in [0.3, 0.4) is 0 Å². The molecule has 1 aliphatic carbocycles. The highest BCUT2D eigenvalue weighted by atomic mass is 35.5. The molecule has 1 aromatic heterocycles. The molecule has 2 heterocycles. The maximum absolute atomic E-state index is 13.4. The van der Waals surface area contributed by atoms with Crippen LogP contribution in [0.15, 0.2) is 141 Å². The molecule has 1 aliphatic heterocycles. The smallest absolute Gasteiger partial charge is 0.361 e. The summed E-state index contributed by atoms with van der Waals surface area (Å²) in [6, 6.07) is 22.1. The maximum Gasteiger partial charge on any atom is 0.361 e. The molecule has 0 spiro atoms. The predicted molar refractivity (Wildman–Crippen MR) is 145 cm³/mol. The Morgan fingerprint density at radius 1 is 0.757 bits per heavy atom. The Balaban J connectivity index is 1.47. The van der Waals surface area contributed by atoms with Crippen molar-refractivity contribution in [3.8, 4) is 22.6 Å². The molecule has 0 unspecified atom stereocenters. The van der Waals surface area contributed by atoms with Crippen LogP contribution in [0.25, 0.3) is 28.7 Å². The van der Waals surface area contributed by atoms with Crippen molar-refractivity contribution in [2.24, 2.45) is 0 Å². The zero-order valence-corrected chi connectivity index (χ0v) is 20.7. The third-order valence-corrected chi connectivity index (χ3v) is 6.58. The monoisotopic (exact) mass is 513 g/mol. The van der Waals surface area contributed by atoms with E-state index in [0.717, 1.165) is 70.8 Å². The molecule has 0 N–H and O–H groups in total. The van der Waals surface area contributed by atoms with Crippen LogP contribution in [0.5, 0.6) is 0 Å². The molecule has 0 bridgehead atoms. The Labute approximate surface area is 219 Å². The summed E-state index contributed by atoms with van der Waals surface area (Å²) >= 11 is 6.75. The fourth-order valence-electron chi connectivity index (χ4n) is 4.26. The standard InChI is InChI=1S/C32H24ClF2O2/c33-32-26(12-7-13-27(32)17-15-23-20-30(34)37-31(35)21-23)16-14-22-18-28(24-8-3-1-4-9-24)36-29(19-22)25-10-5-2-6-11-25/h1-6,8-11,14-21H,7,12-13H2/q+1. The molecule has 2 aromatic carbocycles. The van der Waals surface area contributed by atoms with Crippen LogP contribution in [0.1, 0.15) is 24.8 Å². The molecule has 37 heavy (non-hydrogen) atoms. The molecule has 184 valence electrons. The quantitative estimate of drug-likeness (QED) is 0.316. The van der Waals surface area contributed by atoms with Crippen molar-refractivity contribution in [3.63, 3.8) is 0 Å². The first kappa shape index (κ1) is 24.7. The lowest BCUT2D eigenvalue weighted by Gasteiger charge is -2.16. The number of ether oxygens (including phenoxy) is 1. The van der Waals surface area contributed by atoms with Crippen LogP contribution < -0.4 is 0 Å². The van der Waals surface area contributed by atoms with E-state index in [-0.39, 0.29) is 0 Å². The summed E-state index contributed by atoms with van der Waals surface area (Å²) in [7, 11) is 0. The minimum Gasteiger partial charge on any atom is -0.404 e. The van der Waals surface area contributed by atoms with E-state index in [1.807, 2.05) is 91.0 Å². The minimum absolute atomic E-state index is 0.371. The number of hydrogen-bond donors (Lipinski definition) is 0. The Morgan fingerprint density at radius 2 is 1.35 bits per heavy atom. The van der Waals surface area contributed by atoms with Crippen LogP contribution in [0.4, 0.5) is 8.78 Å². The van der Waals surface area contributed by atoms with E-state index in [2.05, 4.69) is 4.74 Å². The van der Waals surface area contributed by atoms with Crippen molar-refractivity contribution in [3.05, 3.63) is 143 Å². The van der Waals surface area contributed by atoms with Crippen LogP contribution in [-0.2, 0) is 4.74 Å². The Morgan fingerprint density at radius 3 is 1.95 bits per heavy atom. The summed E-state index contributed by atoms with van der Waals surface area (Å²) in [5, 5.41) is 0.660. The van der Waals surface area contributed by atoms with Gasteiger partial charge in [0.1, 0.15) is 0 Å². The van der Waals surface area contributed by atoms with Gasteiger partial charge in [0.25, 0.3) is 12.0 Å². The van der Waals surface area contributed by atoms with Gasteiger partial charge in [0.15, 0.2) is 0 Å². The molecule has 0 saturated carbocycles. The predicted octanol–water partition coefficient (Wildman–Crippen LogP) is 10.1. The van der Waals surface area contributed by atoms with Gasteiger partial charge in [-0.25, -0.2) is 4.42 Å². The number of rotatable bonds is 5. The van der Waals surface area contributed by atoms with Gasteiger partial charge in [0.05, 0.1) is 23.3 Å². The second-order valence-electron chi connectivity index (χ2n) is 8.73. The SMILES string of the molecule is FC1=CC(=C/C=C2/CCCC(/C=C/c3cc(-c4ccccc4)[o+]c(-c4ccccc4)c3)=C2Cl)C=C(F)O1. The van der Waals surface area contributed by atoms with Gasteiger partial charge < -0.3 is 4.74 Å². The molecule has 0 atom stereocenters. The molecular formula is C32H24ClF2O2+. The minimum atomic E-state index is -0.974. The third-order valence-electron chi connectivity index (χ3n) is 6.10. The number of benzene rings is 2. The van der Waals surface area contributed by atoms with E-state index in [1.165, 1.54) is 0 Å². The zero-order valence-electron chi connectivity index (χ0n) is 20.0. The summed E-state index contributed by atoms with van der Waals surface area (Å²) < 4.78 is 37.3. The second kappa shape index (κ2) is 11.4. The summed E-state index contributed by atoms with van der Waals surface area (Å²) in [6.07, 6.45) is 12.4. The highest BCUT2D eigenvalue weighted by Crippen LogP contribution is 2.35. The lowest BCUT2D eigenvalue weighted by atomic mass is 9.93. The Hall–Kier alpha value is -4.02. The van der Waals surface area contributed by atoms with Crippen LogP contribution in [0.2, 0.25) is 0 Å². The van der Waals surface area contributed by atoms with Gasteiger partial charge in [-0.15, -0.1) is 0 Å². The Kier molecular flexibility index (Phi) is 7.57. The molecule has 0 fully saturated rings. The molecule has 5 rings (SSSR count). The summed E-state index contributed by atoms with van der Waals surface area (Å²) in [6.45, 7) is 0. The van der Waals surface area contributed by atoms with Gasteiger partial charge in [-0.1, -0.05) is 72.3 Å². The molecular weight excluding hydrogens is 490 g/mol. The van der Waals surface area contributed by atoms with Crippen molar-refractivity contribution in [1.29, 1.82) is 0 Å². The first-order chi connectivity index (χ1) is 18.0. The highest BCUT2D eigenvalue weighted by Gasteiger charge is 2.19. The zero-order chi connectivity index (χ0) is 25.6. The van der Waals surface area contributed by atoms with Crippen molar-refractivity contribution in [2.75, 3.05) is 0 Å². The van der Waals surface area contributed by atoms with Gasteiger partial charge >= 0.3 is 11.5 Å². The lowest BCUT2D eigenvalue weighted by Crippen LogP contribution is -1.98. The normalized spacial score (nSPS) is 17.1. The van der Waals surface area contributed by atoms with E-state index in [0.29, 0.717) is 10.6 Å². The van der Waals surface area contributed by atoms with E-state index in [4.69, 9.17) is 16.0 Å². The van der Waals surface area contributed by atoms with E-state index in [9.17, 15) is 8.78 Å². The fraction of sp³-hybridized carbons (Fsp3) is 0.0938. The third kappa shape index (κ3) is 6.22. The molecule has 5 heteroatoms. The second-order valence-corrected chi connectivity index (χ2v) is 9.11. The van der Waals surface area contributed by atoms with E-state index >= 15 is 0 Å². The summed E-state index contributed by atoms with van der Waals surface area (Å²) in [5.41, 5.74) is 5.28.